The fraction of sp³-hybridized carbons (Fsp3) is 0.818. The molecule has 19 heavy (non-hydrogen) atoms. The molecule has 0 aromatic rings. The zero-order valence-electron chi connectivity index (χ0n) is 10.4. The van der Waals surface area contributed by atoms with Gasteiger partial charge in [-0.05, 0) is 12.8 Å². The molecule has 0 spiro atoms. The van der Waals surface area contributed by atoms with Crippen LogP contribution in [0.5, 0.6) is 0 Å². The van der Waals surface area contributed by atoms with Crippen LogP contribution in [0.15, 0.2) is 0 Å². The van der Waals surface area contributed by atoms with Crippen molar-refractivity contribution in [1.29, 1.82) is 0 Å². The van der Waals surface area contributed by atoms with Gasteiger partial charge >= 0.3 is 12.0 Å². The third kappa shape index (κ3) is 4.62. The average molecular weight is 280 g/mol. The molecule has 2 amide bonds. The number of nitrogens with zero attached hydrogens (tertiary/aromatic N) is 1. The quantitative estimate of drug-likeness (QED) is 0.661. The van der Waals surface area contributed by atoms with Crippen molar-refractivity contribution in [3.05, 3.63) is 0 Å². The van der Waals surface area contributed by atoms with Gasteiger partial charge < -0.3 is 20.4 Å². The Labute approximate surface area is 109 Å². The molecule has 0 aromatic carbocycles. The molecule has 6 nitrogen and oxygen atoms in total. The maximum atomic E-state index is 12.3. The minimum Gasteiger partial charge on any atom is -0.481 e. The highest BCUT2D eigenvalue weighted by atomic mass is 19.3. The van der Waals surface area contributed by atoms with Crippen LogP contribution in [0.2, 0.25) is 0 Å². The molecule has 0 bridgehead atoms. The molecule has 0 aromatic heterocycles. The van der Waals surface area contributed by atoms with Gasteiger partial charge in [-0.2, -0.15) is 0 Å². The second-order valence-electron chi connectivity index (χ2n) is 4.49. The van der Waals surface area contributed by atoms with E-state index >= 15 is 0 Å². The molecule has 0 aliphatic heterocycles. The highest BCUT2D eigenvalue weighted by Crippen LogP contribution is 2.25. The van der Waals surface area contributed by atoms with Crippen molar-refractivity contribution >= 4 is 12.0 Å². The molecule has 2 unspecified atom stereocenters. The third-order valence-electron chi connectivity index (χ3n) is 3.16. The molecule has 0 radical (unpaired) electrons. The summed E-state index contributed by atoms with van der Waals surface area (Å²) in [4.78, 5) is 23.5. The van der Waals surface area contributed by atoms with Crippen LogP contribution in [-0.4, -0.2) is 59.3 Å². The molecule has 1 aliphatic carbocycles. The van der Waals surface area contributed by atoms with E-state index in [4.69, 9.17) is 10.2 Å². The number of nitrogens with one attached hydrogen (secondary N) is 1. The summed E-state index contributed by atoms with van der Waals surface area (Å²) in [7, 11) is 0. The summed E-state index contributed by atoms with van der Waals surface area (Å²) >= 11 is 0. The smallest absolute Gasteiger partial charge is 0.317 e. The summed E-state index contributed by atoms with van der Waals surface area (Å²) in [6.45, 7) is -1.41. The number of aliphatic carboxylic acids is 1. The highest BCUT2D eigenvalue weighted by molar-refractivity contribution is 5.77. The first kappa shape index (κ1) is 15.6. The molecule has 110 valence electrons. The highest BCUT2D eigenvalue weighted by Gasteiger charge is 2.34. The molecule has 8 heteroatoms. The van der Waals surface area contributed by atoms with Crippen LogP contribution in [0, 0.1) is 5.92 Å². The second-order valence-corrected chi connectivity index (χ2v) is 4.49. The van der Waals surface area contributed by atoms with Crippen molar-refractivity contribution < 1.29 is 28.6 Å². The molecule has 3 N–H and O–H groups in total. The number of rotatable bonds is 6. The molecule has 1 aliphatic rings. The zero-order chi connectivity index (χ0) is 14.4. The van der Waals surface area contributed by atoms with E-state index in [9.17, 15) is 18.4 Å². The molecule has 1 fully saturated rings. The van der Waals surface area contributed by atoms with Crippen LogP contribution in [0.1, 0.15) is 19.3 Å². The standard InChI is InChI=1S/C11H18F2N2O4/c12-9(13)6-15(4-5-16)11(19)14-8-3-1-2-7(8)10(17)18/h7-9,16H,1-6H2,(H,14,19)(H,17,18). The Morgan fingerprint density at radius 3 is 2.58 bits per heavy atom. The number of carbonyl (C=O) groups excluding carboxylic acids is 1. The van der Waals surface area contributed by atoms with Gasteiger partial charge in [-0.15, -0.1) is 0 Å². The van der Waals surface area contributed by atoms with Gasteiger partial charge in [0.2, 0.25) is 0 Å². The largest absolute Gasteiger partial charge is 0.481 e. The van der Waals surface area contributed by atoms with Crippen LogP contribution in [-0.2, 0) is 4.79 Å². The molecule has 1 saturated carbocycles. The van der Waals surface area contributed by atoms with Gasteiger partial charge in [-0.3, -0.25) is 4.79 Å². The topological polar surface area (TPSA) is 89.9 Å². The number of aliphatic hydroxyl groups excluding tert-OH is 1. The van der Waals surface area contributed by atoms with E-state index in [1.165, 1.54) is 0 Å². The van der Waals surface area contributed by atoms with Gasteiger partial charge in [0.25, 0.3) is 6.43 Å². The van der Waals surface area contributed by atoms with Crippen LogP contribution in [0.25, 0.3) is 0 Å². The molecule has 0 saturated heterocycles. The summed E-state index contributed by atoms with van der Waals surface area (Å²) in [5, 5.41) is 20.2. The summed E-state index contributed by atoms with van der Waals surface area (Å²) in [6.07, 6.45) is -1.04. The fourth-order valence-electron chi connectivity index (χ4n) is 2.24. The van der Waals surface area contributed by atoms with Crippen LogP contribution >= 0.6 is 0 Å². The number of aliphatic hydroxyl groups is 1. The fourth-order valence-corrected chi connectivity index (χ4v) is 2.24. The minimum atomic E-state index is -2.70. The first-order valence-electron chi connectivity index (χ1n) is 6.13. The van der Waals surface area contributed by atoms with E-state index in [0.717, 1.165) is 4.90 Å². The van der Waals surface area contributed by atoms with Crippen molar-refractivity contribution in [2.75, 3.05) is 19.7 Å². The van der Waals surface area contributed by atoms with Crippen LogP contribution < -0.4 is 5.32 Å². The Kier molecular flexibility index (Phi) is 5.94. The zero-order valence-corrected chi connectivity index (χ0v) is 10.4. The number of hydrogen-bond donors (Lipinski definition) is 3. The number of urea groups is 1. The second kappa shape index (κ2) is 7.22. The van der Waals surface area contributed by atoms with E-state index in [2.05, 4.69) is 5.32 Å². The van der Waals surface area contributed by atoms with Crippen molar-refractivity contribution in [1.82, 2.24) is 10.2 Å². The van der Waals surface area contributed by atoms with Crippen LogP contribution in [0.3, 0.4) is 0 Å². The lowest BCUT2D eigenvalue weighted by atomic mass is 10.0. The summed E-state index contributed by atoms with van der Waals surface area (Å²) < 4.78 is 24.6. The van der Waals surface area contributed by atoms with Gasteiger partial charge in [-0.25, -0.2) is 13.6 Å². The van der Waals surface area contributed by atoms with Gasteiger partial charge in [0.15, 0.2) is 0 Å². The Balaban J connectivity index is 2.57. The summed E-state index contributed by atoms with van der Waals surface area (Å²) in [6, 6.07) is -1.30. The number of hydrogen-bond acceptors (Lipinski definition) is 3. The van der Waals surface area contributed by atoms with E-state index in [0.29, 0.717) is 19.3 Å². The number of carboxylic acid groups (broad SMARTS) is 1. The predicted molar refractivity (Wildman–Crippen MR) is 62.0 cm³/mol. The van der Waals surface area contributed by atoms with Crippen molar-refractivity contribution in [2.45, 2.75) is 31.7 Å². The van der Waals surface area contributed by atoms with Gasteiger partial charge in [0, 0.05) is 12.6 Å². The molecule has 0 heterocycles. The monoisotopic (exact) mass is 280 g/mol. The Hall–Kier alpha value is -1.44. The SMILES string of the molecule is O=C(O)C1CCCC1NC(=O)N(CCO)CC(F)F. The molecule has 1 rings (SSSR count). The van der Waals surface area contributed by atoms with E-state index in [1.807, 2.05) is 0 Å². The van der Waals surface area contributed by atoms with Crippen molar-refractivity contribution in [3.63, 3.8) is 0 Å². The lowest BCUT2D eigenvalue weighted by Crippen LogP contribution is -2.49. The molecular weight excluding hydrogens is 262 g/mol. The number of halogens is 2. The molecule has 2 atom stereocenters. The Morgan fingerprint density at radius 1 is 1.37 bits per heavy atom. The number of carbonyl (C=O) groups is 2. The van der Waals surface area contributed by atoms with E-state index in [1.54, 1.807) is 0 Å². The maximum Gasteiger partial charge on any atom is 0.317 e. The van der Waals surface area contributed by atoms with E-state index < -0.39 is 43.5 Å². The predicted octanol–water partition coefficient (Wildman–Crippen LogP) is 0.509. The first-order valence-corrected chi connectivity index (χ1v) is 6.13. The minimum absolute atomic E-state index is 0.208. The molecular formula is C11H18F2N2O4. The normalized spacial score (nSPS) is 22.5. The van der Waals surface area contributed by atoms with Crippen molar-refractivity contribution in [3.8, 4) is 0 Å². The number of carboxylic acids is 1. The first-order chi connectivity index (χ1) is 8.95. The van der Waals surface area contributed by atoms with Crippen LogP contribution in [0.4, 0.5) is 13.6 Å². The summed E-state index contributed by atoms with van der Waals surface area (Å²) in [5.41, 5.74) is 0. The Bertz CT molecular complexity index is 328. The van der Waals surface area contributed by atoms with Gasteiger partial charge in [0.1, 0.15) is 0 Å². The maximum absolute atomic E-state index is 12.3. The number of amides is 2. The lowest BCUT2D eigenvalue weighted by molar-refractivity contribution is -0.142. The third-order valence-corrected chi connectivity index (χ3v) is 3.16. The average Bonchev–Trinajstić information content (AvgIpc) is 2.76. The van der Waals surface area contributed by atoms with Gasteiger partial charge in [0.05, 0.1) is 19.1 Å². The Morgan fingerprint density at radius 2 is 2.05 bits per heavy atom. The summed E-state index contributed by atoms with van der Waals surface area (Å²) in [5.74, 6) is -1.67. The van der Waals surface area contributed by atoms with Gasteiger partial charge in [-0.1, -0.05) is 6.42 Å². The number of alkyl halides is 2. The van der Waals surface area contributed by atoms with Crippen molar-refractivity contribution in [2.24, 2.45) is 5.92 Å². The van der Waals surface area contributed by atoms with E-state index in [-0.39, 0.29) is 6.54 Å². The lowest BCUT2D eigenvalue weighted by Gasteiger charge is -2.25.